The minimum Gasteiger partial charge on any atom is -0.282 e. The minimum atomic E-state index is -0.0635. The zero-order valence-corrected chi connectivity index (χ0v) is 15.0. The first-order valence-corrected chi connectivity index (χ1v) is 9.88. The first kappa shape index (κ1) is 16.5. The number of fused-ring (bicyclic) bond motifs is 2. The lowest BCUT2D eigenvalue weighted by Crippen LogP contribution is -2.32. The number of likely N-dealkylation sites (tertiary alicyclic amines) is 1. The van der Waals surface area contributed by atoms with Gasteiger partial charge >= 0.3 is 0 Å². The molecule has 1 saturated carbocycles. The van der Waals surface area contributed by atoms with Crippen LogP contribution in [-0.2, 0) is 16.1 Å². The van der Waals surface area contributed by atoms with Crippen molar-refractivity contribution in [2.75, 3.05) is 6.54 Å². The maximum absolute atomic E-state index is 12.4. The van der Waals surface area contributed by atoms with Crippen LogP contribution in [0.4, 0.5) is 0 Å². The van der Waals surface area contributed by atoms with Gasteiger partial charge in [-0.3, -0.25) is 23.2 Å². The molecule has 2 fully saturated rings. The molecule has 1 aliphatic carbocycles. The number of rotatable bonds is 5. The second kappa shape index (κ2) is 6.75. The maximum atomic E-state index is 12.4. The summed E-state index contributed by atoms with van der Waals surface area (Å²) >= 11 is 1.48. The third-order valence-corrected chi connectivity index (χ3v) is 6.60. The van der Waals surface area contributed by atoms with Gasteiger partial charge in [0.25, 0.3) is 5.56 Å². The fraction of sp³-hybridized carbons (Fsp3) is 0.526. The second-order valence-electron chi connectivity index (χ2n) is 7.03. The third-order valence-electron chi connectivity index (χ3n) is 5.48. The summed E-state index contributed by atoms with van der Waals surface area (Å²) in [6.45, 7) is 1.13. The molecule has 1 aromatic carbocycles. The Hall–Kier alpha value is -1.95. The molecule has 2 aliphatic rings. The fourth-order valence-corrected chi connectivity index (χ4v) is 5.17. The normalized spacial score (nSPS) is 23.4. The molecular weight excluding hydrogens is 336 g/mol. The molecule has 0 N–H and O–H groups in total. The van der Waals surface area contributed by atoms with Gasteiger partial charge in [0, 0.05) is 13.1 Å². The lowest BCUT2D eigenvalue weighted by molar-refractivity contribution is -0.139. The molecule has 4 rings (SSSR count). The molecule has 5 nitrogen and oxygen atoms in total. The Kier molecular flexibility index (Phi) is 4.46. The van der Waals surface area contributed by atoms with E-state index >= 15 is 0 Å². The second-order valence-corrected chi connectivity index (χ2v) is 8.09. The van der Waals surface area contributed by atoms with E-state index in [-0.39, 0.29) is 29.2 Å². The highest BCUT2D eigenvalue weighted by Gasteiger charge is 2.47. The smallest absolute Gasteiger partial charge is 0.268 e. The molecule has 0 bridgehead atoms. The molecule has 1 aromatic heterocycles. The lowest BCUT2D eigenvalue weighted by Gasteiger charge is -2.19. The topological polar surface area (TPSA) is 59.4 Å². The van der Waals surface area contributed by atoms with Gasteiger partial charge in [-0.2, -0.15) is 0 Å². The Balaban J connectivity index is 1.35. The van der Waals surface area contributed by atoms with Gasteiger partial charge in [-0.25, -0.2) is 0 Å². The van der Waals surface area contributed by atoms with Crippen LogP contribution < -0.4 is 5.56 Å². The Bertz CT molecular complexity index is 845. The molecular formula is C19H22N2O3S. The van der Waals surface area contributed by atoms with Crippen LogP contribution in [-0.4, -0.2) is 27.2 Å². The Morgan fingerprint density at radius 2 is 1.56 bits per heavy atom. The van der Waals surface area contributed by atoms with Crippen molar-refractivity contribution in [1.82, 2.24) is 8.86 Å². The number of aryl methyl sites for hydroxylation is 1. The summed E-state index contributed by atoms with van der Waals surface area (Å²) < 4.78 is 2.78. The van der Waals surface area contributed by atoms with Gasteiger partial charge in [-0.05, 0) is 37.8 Å². The molecule has 25 heavy (non-hydrogen) atoms. The van der Waals surface area contributed by atoms with E-state index in [1.807, 2.05) is 24.3 Å². The highest BCUT2D eigenvalue weighted by molar-refractivity contribution is 7.13. The molecule has 2 atom stereocenters. The summed E-state index contributed by atoms with van der Waals surface area (Å²) in [6, 6.07) is 7.63. The number of unbranched alkanes of at least 4 members (excludes halogenated alkanes) is 1. The average Bonchev–Trinajstić information content (AvgIpc) is 3.08. The molecule has 1 saturated heterocycles. The van der Waals surface area contributed by atoms with E-state index in [2.05, 4.69) is 0 Å². The molecule has 0 radical (unpaired) electrons. The first-order valence-electron chi connectivity index (χ1n) is 9.11. The zero-order chi connectivity index (χ0) is 17.4. The van der Waals surface area contributed by atoms with Gasteiger partial charge in [-0.15, -0.1) is 0 Å². The highest BCUT2D eigenvalue weighted by atomic mass is 32.1. The predicted molar refractivity (Wildman–Crippen MR) is 97.5 cm³/mol. The van der Waals surface area contributed by atoms with Crippen LogP contribution in [0, 0.1) is 11.8 Å². The minimum absolute atomic E-state index is 0.0359. The fourth-order valence-electron chi connectivity index (χ4n) is 4.14. The van der Waals surface area contributed by atoms with Crippen LogP contribution in [0.2, 0.25) is 0 Å². The van der Waals surface area contributed by atoms with Crippen molar-refractivity contribution in [2.45, 2.75) is 45.1 Å². The van der Waals surface area contributed by atoms with Crippen molar-refractivity contribution in [3.8, 4) is 0 Å². The van der Waals surface area contributed by atoms with Crippen LogP contribution in [0.15, 0.2) is 29.1 Å². The zero-order valence-electron chi connectivity index (χ0n) is 14.1. The summed E-state index contributed by atoms with van der Waals surface area (Å²) in [5.74, 6) is -0.0552. The van der Waals surface area contributed by atoms with Gasteiger partial charge in [0.1, 0.15) is 0 Å². The van der Waals surface area contributed by atoms with Gasteiger partial charge in [-0.1, -0.05) is 36.5 Å². The van der Waals surface area contributed by atoms with Crippen LogP contribution in [0.25, 0.3) is 10.1 Å². The maximum Gasteiger partial charge on any atom is 0.268 e. The summed E-state index contributed by atoms with van der Waals surface area (Å²) in [5, 5.41) is 0.765. The van der Waals surface area contributed by atoms with Crippen molar-refractivity contribution in [3.63, 3.8) is 0 Å². The Morgan fingerprint density at radius 1 is 0.920 bits per heavy atom. The number of carbonyl (C=O) groups is 2. The van der Waals surface area contributed by atoms with Crippen LogP contribution in [0.5, 0.6) is 0 Å². The van der Waals surface area contributed by atoms with Crippen LogP contribution in [0.3, 0.4) is 0 Å². The standard InChI is InChI=1S/C19H22N2O3S/c22-17-13-7-1-2-8-14(13)18(23)20(17)11-5-6-12-21-19(24)15-9-3-4-10-16(15)25-21/h3-4,9-10,13-14H,1-2,5-8,11-12H2/t13-,14+. The number of carbonyl (C=O) groups excluding carboxylic acids is 2. The van der Waals surface area contributed by atoms with E-state index in [0.29, 0.717) is 13.1 Å². The van der Waals surface area contributed by atoms with Crippen molar-refractivity contribution in [2.24, 2.45) is 11.8 Å². The number of aromatic nitrogens is 1. The molecule has 132 valence electrons. The van der Waals surface area contributed by atoms with Crippen molar-refractivity contribution in [1.29, 1.82) is 0 Å². The number of nitrogens with zero attached hydrogens (tertiary/aromatic N) is 2. The first-order chi connectivity index (χ1) is 12.2. The number of imide groups is 1. The van der Waals surface area contributed by atoms with E-state index < -0.39 is 0 Å². The molecule has 2 amide bonds. The predicted octanol–water partition coefficient (Wildman–Crippen LogP) is 3.02. The molecule has 0 unspecified atom stereocenters. The monoisotopic (exact) mass is 358 g/mol. The molecule has 1 aliphatic heterocycles. The summed E-state index contributed by atoms with van der Waals surface area (Å²) in [4.78, 5) is 38.7. The summed E-state index contributed by atoms with van der Waals surface area (Å²) in [5.41, 5.74) is 0.0555. The van der Waals surface area contributed by atoms with Gasteiger partial charge < -0.3 is 0 Å². The number of benzene rings is 1. The van der Waals surface area contributed by atoms with E-state index in [1.165, 1.54) is 16.4 Å². The van der Waals surface area contributed by atoms with E-state index in [9.17, 15) is 14.4 Å². The van der Waals surface area contributed by atoms with E-state index in [1.54, 1.807) is 3.96 Å². The molecule has 2 aromatic rings. The van der Waals surface area contributed by atoms with Crippen molar-refractivity contribution < 1.29 is 9.59 Å². The van der Waals surface area contributed by atoms with Crippen LogP contribution >= 0.6 is 11.5 Å². The van der Waals surface area contributed by atoms with Crippen LogP contribution in [0.1, 0.15) is 38.5 Å². The van der Waals surface area contributed by atoms with Gasteiger partial charge in [0.2, 0.25) is 11.8 Å². The number of hydrogen-bond donors (Lipinski definition) is 0. The Labute approximate surface area is 150 Å². The van der Waals surface area contributed by atoms with Gasteiger partial charge in [0.15, 0.2) is 0 Å². The van der Waals surface area contributed by atoms with Crippen molar-refractivity contribution >= 4 is 33.4 Å². The molecule has 0 spiro atoms. The van der Waals surface area contributed by atoms with Crippen molar-refractivity contribution in [3.05, 3.63) is 34.6 Å². The SMILES string of the molecule is O=C1[C@H]2CCCC[C@H]2C(=O)N1CCCCn1sc2ccccc2c1=O. The average molecular weight is 358 g/mol. The Morgan fingerprint density at radius 3 is 2.24 bits per heavy atom. The third kappa shape index (κ3) is 2.92. The summed E-state index contributed by atoms with van der Waals surface area (Å²) in [6.07, 6.45) is 5.38. The summed E-state index contributed by atoms with van der Waals surface area (Å²) in [7, 11) is 0. The van der Waals surface area contributed by atoms with E-state index in [0.717, 1.165) is 48.6 Å². The van der Waals surface area contributed by atoms with Gasteiger partial charge in [0.05, 0.1) is 21.9 Å². The number of hydrogen-bond acceptors (Lipinski definition) is 4. The molecule has 6 heteroatoms. The lowest BCUT2D eigenvalue weighted by atomic mass is 9.81. The van der Waals surface area contributed by atoms with E-state index in [4.69, 9.17) is 0 Å². The highest BCUT2D eigenvalue weighted by Crippen LogP contribution is 2.38. The largest absolute Gasteiger partial charge is 0.282 e. The number of amides is 2. The quantitative estimate of drug-likeness (QED) is 0.610. The molecule has 2 heterocycles.